The SMILES string of the molecule is CC(=O)c1cc(N)ccc1OCC1COc2ccccc21. The molecule has 3 rings (SSSR count). The molecule has 1 aliphatic heterocycles. The molecule has 0 aromatic heterocycles. The normalized spacial score (nSPS) is 16.1. The Morgan fingerprint density at radius 2 is 2.14 bits per heavy atom. The van der Waals surface area contributed by atoms with Crippen LogP contribution in [0, 0.1) is 0 Å². The van der Waals surface area contributed by atoms with Gasteiger partial charge >= 0.3 is 0 Å². The van der Waals surface area contributed by atoms with Crippen LogP contribution in [0.15, 0.2) is 42.5 Å². The molecule has 0 saturated carbocycles. The summed E-state index contributed by atoms with van der Waals surface area (Å²) >= 11 is 0. The van der Waals surface area contributed by atoms with Gasteiger partial charge in [0.15, 0.2) is 5.78 Å². The summed E-state index contributed by atoms with van der Waals surface area (Å²) in [6.07, 6.45) is 0. The van der Waals surface area contributed by atoms with Gasteiger partial charge in [-0.3, -0.25) is 4.79 Å². The number of hydrogen-bond donors (Lipinski definition) is 1. The first-order valence-corrected chi connectivity index (χ1v) is 6.90. The molecule has 0 aliphatic carbocycles. The van der Waals surface area contributed by atoms with Crippen molar-refractivity contribution in [2.75, 3.05) is 18.9 Å². The molecule has 0 spiro atoms. The van der Waals surface area contributed by atoms with Gasteiger partial charge in [-0.05, 0) is 31.2 Å². The van der Waals surface area contributed by atoms with E-state index in [0.29, 0.717) is 30.2 Å². The lowest BCUT2D eigenvalue weighted by atomic mass is 10.0. The zero-order valence-corrected chi connectivity index (χ0v) is 11.8. The molecule has 21 heavy (non-hydrogen) atoms. The summed E-state index contributed by atoms with van der Waals surface area (Å²) in [5, 5.41) is 0. The monoisotopic (exact) mass is 283 g/mol. The Morgan fingerprint density at radius 3 is 2.95 bits per heavy atom. The van der Waals surface area contributed by atoms with Gasteiger partial charge in [0, 0.05) is 11.3 Å². The van der Waals surface area contributed by atoms with Gasteiger partial charge in [-0.15, -0.1) is 0 Å². The van der Waals surface area contributed by atoms with Crippen LogP contribution in [0.25, 0.3) is 0 Å². The standard InChI is InChI=1S/C17H17NO3/c1-11(19)15-8-13(18)6-7-17(15)21-10-12-9-20-16-5-3-2-4-14(12)16/h2-8,12H,9-10,18H2,1H3. The quantitative estimate of drug-likeness (QED) is 0.692. The number of nitrogens with two attached hydrogens (primary N) is 1. The Morgan fingerprint density at radius 1 is 1.33 bits per heavy atom. The van der Waals surface area contributed by atoms with Crippen molar-refractivity contribution in [3.05, 3.63) is 53.6 Å². The maximum Gasteiger partial charge on any atom is 0.163 e. The van der Waals surface area contributed by atoms with E-state index in [0.717, 1.165) is 11.3 Å². The lowest BCUT2D eigenvalue weighted by Crippen LogP contribution is -2.13. The van der Waals surface area contributed by atoms with Gasteiger partial charge in [-0.2, -0.15) is 0 Å². The van der Waals surface area contributed by atoms with Gasteiger partial charge in [0.25, 0.3) is 0 Å². The predicted molar refractivity (Wildman–Crippen MR) is 81.0 cm³/mol. The van der Waals surface area contributed by atoms with Gasteiger partial charge < -0.3 is 15.2 Å². The zero-order chi connectivity index (χ0) is 14.8. The molecule has 1 unspecified atom stereocenters. The van der Waals surface area contributed by atoms with E-state index in [1.165, 1.54) is 6.92 Å². The molecule has 1 aliphatic rings. The highest BCUT2D eigenvalue weighted by atomic mass is 16.5. The lowest BCUT2D eigenvalue weighted by molar-refractivity contribution is 0.101. The Labute approximate surface area is 123 Å². The smallest absolute Gasteiger partial charge is 0.163 e. The van der Waals surface area contributed by atoms with Crippen LogP contribution in [0.3, 0.4) is 0 Å². The predicted octanol–water partition coefficient (Wildman–Crippen LogP) is 3.03. The molecule has 0 bridgehead atoms. The Bertz CT molecular complexity index is 681. The number of carbonyl (C=O) groups excluding carboxylic acids is 1. The maximum absolute atomic E-state index is 11.7. The molecule has 0 radical (unpaired) electrons. The van der Waals surface area contributed by atoms with Crippen LogP contribution in [0.5, 0.6) is 11.5 Å². The molecule has 0 amide bonds. The number of anilines is 1. The summed E-state index contributed by atoms with van der Waals surface area (Å²) in [6.45, 7) is 2.58. The van der Waals surface area contributed by atoms with Crippen molar-refractivity contribution in [1.29, 1.82) is 0 Å². The Hall–Kier alpha value is -2.49. The molecule has 0 saturated heterocycles. The highest BCUT2D eigenvalue weighted by molar-refractivity contribution is 5.97. The lowest BCUT2D eigenvalue weighted by Gasteiger charge is -2.14. The molecule has 108 valence electrons. The van der Waals surface area contributed by atoms with Gasteiger partial charge in [0.05, 0.1) is 24.7 Å². The number of ketones is 1. The minimum absolute atomic E-state index is 0.0552. The molecular weight excluding hydrogens is 266 g/mol. The number of carbonyl (C=O) groups is 1. The molecule has 2 aromatic rings. The highest BCUT2D eigenvalue weighted by Gasteiger charge is 2.24. The van der Waals surface area contributed by atoms with E-state index in [-0.39, 0.29) is 11.7 Å². The van der Waals surface area contributed by atoms with E-state index in [1.54, 1.807) is 18.2 Å². The second-order valence-corrected chi connectivity index (χ2v) is 5.17. The fourth-order valence-corrected chi connectivity index (χ4v) is 2.51. The highest BCUT2D eigenvalue weighted by Crippen LogP contribution is 2.34. The molecule has 4 heteroatoms. The number of ether oxygens (including phenoxy) is 2. The third kappa shape index (κ3) is 2.70. The van der Waals surface area contributed by atoms with Crippen molar-refractivity contribution < 1.29 is 14.3 Å². The van der Waals surface area contributed by atoms with Crippen LogP contribution < -0.4 is 15.2 Å². The number of rotatable bonds is 4. The van der Waals surface area contributed by atoms with Crippen molar-refractivity contribution in [2.24, 2.45) is 0 Å². The van der Waals surface area contributed by atoms with E-state index in [4.69, 9.17) is 15.2 Å². The molecule has 1 atom stereocenters. The van der Waals surface area contributed by atoms with E-state index < -0.39 is 0 Å². The average Bonchev–Trinajstić information content (AvgIpc) is 2.89. The van der Waals surface area contributed by atoms with Crippen LogP contribution in [-0.2, 0) is 0 Å². The van der Waals surface area contributed by atoms with E-state index in [2.05, 4.69) is 0 Å². The van der Waals surface area contributed by atoms with Crippen LogP contribution in [0.2, 0.25) is 0 Å². The van der Waals surface area contributed by atoms with Gasteiger partial charge in [0.1, 0.15) is 11.5 Å². The van der Waals surface area contributed by atoms with E-state index in [9.17, 15) is 4.79 Å². The molecule has 2 aromatic carbocycles. The van der Waals surface area contributed by atoms with Gasteiger partial charge in [-0.25, -0.2) is 0 Å². The number of Topliss-reactive ketones (excluding diaryl/α,β-unsaturated/α-hetero) is 1. The van der Waals surface area contributed by atoms with E-state index >= 15 is 0 Å². The topological polar surface area (TPSA) is 61.6 Å². The Balaban J connectivity index is 1.76. The fourth-order valence-electron chi connectivity index (χ4n) is 2.51. The minimum atomic E-state index is -0.0552. The molecule has 0 fully saturated rings. The third-order valence-electron chi connectivity index (χ3n) is 3.62. The summed E-state index contributed by atoms with van der Waals surface area (Å²) in [7, 11) is 0. The summed E-state index contributed by atoms with van der Waals surface area (Å²) in [5.74, 6) is 1.61. The number of para-hydroxylation sites is 1. The number of fused-ring (bicyclic) bond motifs is 1. The summed E-state index contributed by atoms with van der Waals surface area (Å²) in [5.41, 5.74) is 7.94. The first-order valence-electron chi connectivity index (χ1n) is 6.90. The molecule has 1 heterocycles. The minimum Gasteiger partial charge on any atom is -0.493 e. The van der Waals surface area contributed by atoms with Gasteiger partial charge in [-0.1, -0.05) is 18.2 Å². The Kier molecular flexibility index (Phi) is 3.52. The largest absolute Gasteiger partial charge is 0.493 e. The van der Waals surface area contributed by atoms with Crippen molar-refractivity contribution in [3.63, 3.8) is 0 Å². The first-order chi connectivity index (χ1) is 10.1. The molecule has 4 nitrogen and oxygen atoms in total. The van der Waals surface area contributed by atoms with Crippen molar-refractivity contribution in [3.8, 4) is 11.5 Å². The van der Waals surface area contributed by atoms with Crippen LogP contribution >= 0.6 is 0 Å². The van der Waals surface area contributed by atoms with E-state index in [1.807, 2.05) is 24.3 Å². The zero-order valence-electron chi connectivity index (χ0n) is 11.8. The number of nitrogen functional groups attached to an aromatic ring is 1. The number of hydrogen-bond acceptors (Lipinski definition) is 4. The maximum atomic E-state index is 11.7. The second-order valence-electron chi connectivity index (χ2n) is 5.17. The third-order valence-corrected chi connectivity index (χ3v) is 3.62. The molecular formula is C17H17NO3. The van der Waals surface area contributed by atoms with Crippen LogP contribution in [-0.4, -0.2) is 19.0 Å². The first kappa shape index (κ1) is 13.5. The summed E-state index contributed by atoms with van der Waals surface area (Å²) in [6, 6.07) is 13.1. The van der Waals surface area contributed by atoms with Crippen molar-refractivity contribution in [2.45, 2.75) is 12.8 Å². The van der Waals surface area contributed by atoms with Gasteiger partial charge in [0.2, 0.25) is 0 Å². The summed E-state index contributed by atoms with van der Waals surface area (Å²) < 4.78 is 11.5. The van der Waals surface area contributed by atoms with Crippen molar-refractivity contribution >= 4 is 11.5 Å². The van der Waals surface area contributed by atoms with Crippen molar-refractivity contribution in [1.82, 2.24) is 0 Å². The fraction of sp³-hybridized carbons (Fsp3) is 0.235. The number of benzene rings is 2. The average molecular weight is 283 g/mol. The second kappa shape index (κ2) is 5.48. The van der Waals surface area contributed by atoms with Crippen LogP contribution in [0.4, 0.5) is 5.69 Å². The molecule has 2 N–H and O–H groups in total. The summed E-state index contributed by atoms with van der Waals surface area (Å²) in [4.78, 5) is 11.7. The van der Waals surface area contributed by atoms with Crippen LogP contribution in [0.1, 0.15) is 28.8 Å².